The van der Waals surface area contributed by atoms with Gasteiger partial charge in [-0.3, -0.25) is 14.6 Å². The lowest BCUT2D eigenvalue weighted by atomic mass is 9.67. The van der Waals surface area contributed by atoms with Crippen LogP contribution < -0.4 is 5.32 Å². The SMILES string of the molecule is CC(=O)Nc1ccc(-c2ccnc(C)c2/C=C(\C)CC2C(C=O)CCCC2c2ccc(C(=O)N(C)C)cc2)cc1. The van der Waals surface area contributed by atoms with Crippen LogP contribution in [0.5, 0.6) is 0 Å². The Balaban J connectivity index is 1.62. The maximum atomic E-state index is 12.4. The first kappa shape index (κ1) is 28.9. The van der Waals surface area contributed by atoms with Gasteiger partial charge in [0.15, 0.2) is 0 Å². The van der Waals surface area contributed by atoms with E-state index in [0.717, 1.165) is 60.0 Å². The number of hydrogen-bond acceptors (Lipinski definition) is 4. The van der Waals surface area contributed by atoms with E-state index in [9.17, 15) is 14.4 Å². The van der Waals surface area contributed by atoms with Crippen molar-refractivity contribution in [2.75, 3.05) is 19.4 Å². The molecule has 40 heavy (non-hydrogen) atoms. The number of aromatic nitrogens is 1. The van der Waals surface area contributed by atoms with Crippen LogP contribution in [0.25, 0.3) is 17.2 Å². The molecular weight excluding hydrogens is 498 g/mol. The Hall–Kier alpha value is -4.06. The van der Waals surface area contributed by atoms with Crippen LogP contribution in [0.3, 0.4) is 0 Å². The lowest BCUT2D eigenvalue weighted by molar-refractivity contribution is -0.114. The molecule has 3 aromatic rings. The van der Waals surface area contributed by atoms with E-state index in [0.29, 0.717) is 5.56 Å². The molecule has 1 fully saturated rings. The third kappa shape index (κ3) is 6.74. The first-order chi connectivity index (χ1) is 19.2. The summed E-state index contributed by atoms with van der Waals surface area (Å²) in [7, 11) is 3.51. The summed E-state index contributed by atoms with van der Waals surface area (Å²) in [6.07, 6.45) is 8.95. The van der Waals surface area contributed by atoms with E-state index in [2.05, 4.69) is 35.4 Å². The van der Waals surface area contributed by atoms with Gasteiger partial charge in [0.2, 0.25) is 5.91 Å². The molecule has 4 rings (SSSR count). The number of amides is 2. The number of nitrogens with one attached hydrogen (secondary N) is 1. The number of allylic oxidation sites excluding steroid dienone is 1. The smallest absolute Gasteiger partial charge is 0.253 e. The normalized spacial score (nSPS) is 19.1. The van der Waals surface area contributed by atoms with Gasteiger partial charge in [-0.15, -0.1) is 0 Å². The van der Waals surface area contributed by atoms with Gasteiger partial charge in [0.1, 0.15) is 6.29 Å². The molecule has 0 bridgehead atoms. The molecule has 208 valence electrons. The van der Waals surface area contributed by atoms with Crippen LogP contribution >= 0.6 is 0 Å². The van der Waals surface area contributed by atoms with Crippen molar-refractivity contribution in [3.8, 4) is 11.1 Å². The monoisotopic (exact) mass is 537 g/mol. The molecule has 1 aliphatic carbocycles. The van der Waals surface area contributed by atoms with Gasteiger partial charge in [-0.1, -0.05) is 42.3 Å². The standard InChI is InChI=1S/C34H39N3O3/c1-22(19-32-23(2)35-18-17-31(32)26-13-15-29(16-14-26)36-24(3)39)20-33-28(21-38)7-6-8-30(33)25-9-11-27(12-10-25)34(40)37(4)5/h9-19,21,28,30,33H,6-8,20H2,1-5H3,(H,36,39)/b22-19+. The van der Waals surface area contributed by atoms with Crippen molar-refractivity contribution in [3.05, 3.63) is 88.8 Å². The van der Waals surface area contributed by atoms with E-state index in [1.165, 1.54) is 18.1 Å². The van der Waals surface area contributed by atoms with Gasteiger partial charge in [-0.05, 0) is 92.0 Å². The highest BCUT2D eigenvalue weighted by Crippen LogP contribution is 2.44. The lowest BCUT2D eigenvalue weighted by Crippen LogP contribution is -2.28. The molecular formula is C34H39N3O3. The zero-order chi connectivity index (χ0) is 28.8. The number of rotatable bonds is 8. The quantitative estimate of drug-likeness (QED) is 0.317. The van der Waals surface area contributed by atoms with Crippen molar-refractivity contribution in [1.82, 2.24) is 9.88 Å². The van der Waals surface area contributed by atoms with Gasteiger partial charge < -0.3 is 15.0 Å². The zero-order valence-corrected chi connectivity index (χ0v) is 24.1. The number of aryl methyl sites for hydroxylation is 1. The summed E-state index contributed by atoms with van der Waals surface area (Å²) in [6, 6.07) is 17.8. The minimum atomic E-state index is -0.0978. The fraction of sp³-hybridized carbons (Fsp3) is 0.353. The van der Waals surface area contributed by atoms with E-state index in [4.69, 9.17) is 0 Å². The Morgan fingerprint density at radius 3 is 2.33 bits per heavy atom. The summed E-state index contributed by atoms with van der Waals surface area (Å²) in [5, 5.41) is 2.82. The molecule has 6 heteroatoms. The molecule has 2 amide bonds. The predicted molar refractivity (Wildman–Crippen MR) is 161 cm³/mol. The highest BCUT2D eigenvalue weighted by molar-refractivity contribution is 5.94. The number of pyridine rings is 1. The number of nitrogens with zero attached hydrogens (tertiary/aromatic N) is 2. The number of carbonyl (C=O) groups is 3. The van der Waals surface area contributed by atoms with Crippen molar-refractivity contribution in [1.29, 1.82) is 0 Å². The first-order valence-corrected chi connectivity index (χ1v) is 14.0. The van der Waals surface area contributed by atoms with Crippen LogP contribution in [-0.4, -0.2) is 42.1 Å². The molecule has 1 aliphatic rings. The Labute approximate surface area is 237 Å². The van der Waals surface area contributed by atoms with Gasteiger partial charge in [-0.25, -0.2) is 0 Å². The number of benzene rings is 2. The Bertz CT molecular complexity index is 1390. The van der Waals surface area contributed by atoms with Crippen molar-refractivity contribution < 1.29 is 14.4 Å². The average Bonchev–Trinajstić information content (AvgIpc) is 2.94. The molecule has 3 unspecified atom stereocenters. The third-order valence-electron chi connectivity index (χ3n) is 7.94. The molecule has 1 heterocycles. The third-order valence-corrected chi connectivity index (χ3v) is 7.94. The summed E-state index contributed by atoms with van der Waals surface area (Å²) >= 11 is 0. The van der Waals surface area contributed by atoms with Crippen molar-refractivity contribution in [2.45, 2.75) is 52.4 Å². The maximum absolute atomic E-state index is 12.4. The van der Waals surface area contributed by atoms with Gasteiger partial charge in [0.25, 0.3) is 5.91 Å². The van der Waals surface area contributed by atoms with Crippen molar-refractivity contribution >= 4 is 29.9 Å². The second-order valence-corrected chi connectivity index (χ2v) is 11.1. The van der Waals surface area contributed by atoms with Crippen LogP contribution in [0, 0.1) is 18.8 Å². The van der Waals surface area contributed by atoms with E-state index >= 15 is 0 Å². The molecule has 1 N–H and O–H groups in total. The Kier molecular flexibility index (Phi) is 9.30. The highest BCUT2D eigenvalue weighted by Gasteiger charge is 2.34. The highest BCUT2D eigenvalue weighted by atomic mass is 16.2. The molecule has 0 saturated heterocycles. The van der Waals surface area contributed by atoms with E-state index < -0.39 is 0 Å². The largest absolute Gasteiger partial charge is 0.345 e. The van der Waals surface area contributed by atoms with Crippen molar-refractivity contribution in [3.63, 3.8) is 0 Å². The summed E-state index contributed by atoms with van der Waals surface area (Å²) in [5.41, 5.74) is 7.96. The molecule has 0 aliphatic heterocycles. The fourth-order valence-electron chi connectivity index (χ4n) is 5.93. The second-order valence-electron chi connectivity index (χ2n) is 11.1. The fourth-order valence-corrected chi connectivity index (χ4v) is 5.93. The summed E-state index contributed by atoms with van der Waals surface area (Å²) in [4.78, 5) is 42.1. The van der Waals surface area contributed by atoms with E-state index in [1.54, 1.807) is 19.0 Å². The summed E-state index contributed by atoms with van der Waals surface area (Å²) in [6.45, 7) is 5.66. The number of anilines is 1. The minimum Gasteiger partial charge on any atom is -0.345 e. The summed E-state index contributed by atoms with van der Waals surface area (Å²) in [5.74, 6) is 0.339. The Morgan fingerprint density at radius 1 is 1.00 bits per heavy atom. The molecule has 6 nitrogen and oxygen atoms in total. The van der Waals surface area contributed by atoms with Gasteiger partial charge in [-0.2, -0.15) is 0 Å². The Morgan fingerprint density at radius 2 is 1.70 bits per heavy atom. The van der Waals surface area contributed by atoms with Crippen LogP contribution in [0.15, 0.2) is 66.4 Å². The molecule has 3 atom stereocenters. The first-order valence-electron chi connectivity index (χ1n) is 14.0. The number of hydrogen-bond donors (Lipinski definition) is 1. The zero-order valence-electron chi connectivity index (χ0n) is 24.1. The van der Waals surface area contributed by atoms with E-state index in [1.807, 2.05) is 55.6 Å². The predicted octanol–water partition coefficient (Wildman–Crippen LogP) is 6.91. The number of carbonyl (C=O) groups excluding carboxylic acids is 3. The lowest BCUT2D eigenvalue weighted by Gasteiger charge is -2.36. The molecule has 1 aromatic heterocycles. The minimum absolute atomic E-state index is 0.000898. The van der Waals surface area contributed by atoms with Crippen molar-refractivity contribution in [2.24, 2.45) is 11.8 Å². The topological polar surface area (TPSA) is 79.4 Å². The van der Waals surface area contributed by atoms with E-state index in [-0.39, 0.29) is 29.6 Å². The summed E-state index contributed by atoms with van der Waals surface area (Å²) < 4.78 is 0. The number of aldehydes is 1. The maximum Gasteiger partial charge on any atom is 0.253 e. The molecule has 2 aromatic carbocycles. The second kappa shape index (κ2) is 12.9. The van der Waals surface area contributed by atoms with Crippen LogP contribution in [0.4, 0.5) is 5.69 Å². The molecule has 0 radical (unpaired) electrons. The average molecular weight is 538 g/mol. The van der Waals surface area contributed by atoms with Gasteiger partial charge in [0, 0.05) is 55.6 Å². The molecule has 1 saturated carbocycles. The van der Waals surface area contributed by atoms with Gasteiger partial charge >= 0.3 is 0 Å². The van der Waals surface area contributed by atoms with Crippen LogP contribution in [0.1, 0.15) is 72.6 Å². The van der Waals surface area contributed by atoms with Crippen LogP contribution in [0.2, 0.25) is 0 Å². The van der Waals surface area contributed by atoms with Crippen LogP contribution in [-0.2, 0) is 9.59 Å². The van der Waals surface area contributed by atoms with Gasteiger partial charge in [0.05, 0.1) is 0 Å². The molecule has 0 spiro atoms.